The predicted molar refractivity (Wildman–Crippen MR) is 213 cm³/mol. The molecule has 312 valence electrons. The topological polar surface area (TPSA) is 198 Å². The number of imide groups is 2. The first kappa shape index (κ1) is 43.4. The molecule has 4 aromatic rings. The van der Waals surface area contributed by atoms with Crippen LogP contribution in [0.25, 0.3) is 5.65 Å². The predicted octanol–water partition coefficient (Wildman–Crippen LogP) is 4.68. The van der Waals surface area contributed by atoms with Crippen molar-refractivity contribution in [3.63, 3.8) is 0 Å². The van der Waals surface area contributed by atoms with Gasteiger partial charge in [-0.3, -0.25) is 39.0 Å². The van der Waals surface area contributed by atoms with Gasteiger partial charge in [-0.1, -0.05) is 35.3 Å². The molecule has 0 bridgehead atoms. The SMILES string of the molecule is CO[C@@H](C)c1c(CC(=O)Cc2cc(Cl)cnc2OCCCC(=O)CCOCCOCCCc2cccc3c2C(=O)N(C2CCC(=O)NC2=O)C3=O)cnc2cc(Cl)nn12. The van der Waals surface area contributed by atoms with Gasteiger partial charge in [-0.15, -0.1) is 0 Å². The van der Waals surface area contributed by atoms with Crippen LogP contribution in [0.4, 0.5) is 0 Å². The van der Waals surface area contributed by atoms with Crippen molar-refractivity contribution in [2.24, 2.45) is 0 Å². The number of carbonyl (C=O) groups excluding carboxylic acids is 6. The minimum absolute atomic E-state index is 0.00654. The Morgan fingerprint density at radius 3 is 2.44 bits per heavy atom. The molecule has 59 heavy (non-hydrogen) atoms. The molecule has 1 unspecified atom stereocenters. The Bertz CT molecular complexity index is 2250. The number of ether oxygens (including phenoxy) is 4. The zero-order valence-electron chi connectivity index (χ0n) is 32.7. The van der Waals surface area contributed by atoms with Crippen LogP contribution in [0.1, 0.15) is 94.7 Å². The van der Waals surface area contributed by atoms with Gasteiger partial charge in [0.05, 0.1) is 54.4 Å². The zero-order chi connectivity index (χ0) is 42.1. The summed E-state index contributed by atoms with van der Waals surface area (Å²) in [7, 11) is 1.57. The van der Waals surface area contributed by atoms with Crippen LogP contribution in [0.2, 0.25) is 10.2 Å². The monoisotopic (exact) mass is 850 g/mol. The summed E-state index contributed by atoms with van der Waals surface area (Å²) in [6.07, 6.45) is 4.90. The fraction of sp³-hybridized carbons (Fsp3) is 0.439. The number of carbonyl (C=O) groups is 6. The number of ketones is 2. The lowest BCUT2D eigenvalue weighted by Crippen LogP contribution is -2.54. The lowest BCUT2D eigenvalue weighted by Gasteiger charge is -2.27. The van der Waals surface area contributed by atoms with Gasteiger partial charge in [-0.2, -0.15) is 5.10 Å². The number of fused-ring (bicyclic) bond motifs is 2. The van der Waals surface area contributed by atoms with Crippen LogP contribution in [-0.4, -0.2) is 106 Å². The Morgan fingerprint density at radius 2 is 1.66 bits per heavy atom. The minimum Gasteiger partial charge on any atom is -0.477 e. The molecule has 0 spiro atoms. The van der Waals surface area contributed by atoms with Crippen LogP contribution in [0, 0.1) is 0 Å². The van der Waals surface area contributed by atoms with Crippen molar-refractivity contribution in [2.45, 2.75) is 76.9 Å². The first-order chi connectivity index (χ1) is 28.4. The number of hydrogen-bond donors (Lipinski definition) is 1. The molecule has 3 aromatic heterocycles. The quantitative estimate of drug-likeness (QED) is 0.0846. The zero-order valence-corrected chi connectivity index (χ0v) is 34.2. The maximum atomic E-state index is 13.3. The highest BCUT2D eigenvalue weighted by molar-refractivity contribution is 6.30. The van der Waals surface area contributed by atoms with Gasteiger partial charge in [-0.05, 0) is 50.3 Å². The summed E-state index contributed by atoms with van der Waals surface area (Å²) in [5, 5.41) is 7.14. The van der Waals surface area contributed by atoms with E-state index in [1.807, 2.05) is 6.92 Å². The first-order valence-corrected chi connectivity index (χ1v) is 20.1. The molecule has 2 aliphatic heterocycles. The summed E-state index contributed by atoms with van der Waals surface area (Å²) < 4.78 is 24.2. The van der Waals surface area contributed by atoms with E-state index in [-0.39, 0.29) is 91.6 Å². The number of aryl methyl sites for hydroxylation is 1. The summed E-state index contributed by atoms with van der Waals surface area (Å²) in [5.41, 5.74) is 3.61. The van der Waals surface area contributed by atoms with Gasteiger partial charge >= 0.3 is 0 Å². The molecular formula is C41H44Cl2N6O10. The Morgan fingerprint density at radius 1 is 0.881 bits per heavy atom. The van der Waals surface area contributed by atoms with E-state index >= 15 is 0 Å². The Kier molecular flexibility index (Phi) is 14.9. The van der Waals surface area contributed by atoms with Crippen molar-refractivity contribution in [1.82, 2.24) is 29.8 Å². The van der Waals surface area contributed by atoms with Crippen molar-refractivity contribution >= 4 is 64.0 Å². The number of halogens is 2. The summed E-state index contributed by atoms with van der Waals surface area (Å²) in [4.78, 5) is 85.7. The Labute approximate surface area is 349 Å². The largest absolute Gasteiger partial charge is 0.477 e. The fourth-order valence-electron chi connectivity index (χ4n) is 7.08. The maximum Gasteiger partial charge on any atom is 0.262 e. The van der Waals surface area contributed by atoms with Crippen molar-refractivity contribution in [3.8, 4) is 5.88 Å². The van der Waals surface area contributed by atoms with Crippen LogP contribution in [0.3, 0.4) is 0 Å². The van der Waals surface area contributed by atoms with Gasteiger partial charge in [0.1, 0.15) is 17.6 Å². The summed E-state index contributed by atoms with van der Waals surface area (Å²) in [6.45, 7) is 3.29. The van der Waals surface area contributed by atoms with Gasteiger partial charge in [-0.25, -0.2) is 14.5 Å². The molecule has 16 nitrogen and oxygen atoms in total. The third kappa shape index (κ3) is 10.7. The first-order valence-electron chi connectivity index (χ1n) is 19.3. The number of aromatic nitrogens is 4. The lowest BCUT2D eigenvalue weighted by molar-refractivity contribution is -0.136. The molecule has 1 N–H and O–H groups in total. The van der Waals surface area contributed by atoms with Crippen molar-refractivity contribution < 1.29 is 47.7 Å². The van der Waals surface area contributed by atoms with Gasteiger partial charge in [0.25, 0.3) is 11.8 Å². The molecule has 4 amide bonds. The highest BCUT2D eigenvalue weighted by Crippen LogP contribution is 2.31. The maximum absolute atomic E-state index is 13.3. The third-order valence-electron chi connectivity index (χ3n) is 10.0. The van der Waals surface area contributed by atoms with E-state index in [9.17, 15) is 28.8 Å². The number of pyridine rings is 1. The molecule has 5 heterocycles. The number of hydrogen-bond acceptors (Lipinski definition) is 13. The Hall–Kier alpha value is -5.13. The van der Waals surface area contributed by atoms with Crippen LogP contribution in [0.5, 0.6) is 5.88 Å². The second-order valence-corrected chi connectivity index (χ2v) is 15.0. The molecule has 0 aliphatic carbocycles. The number of amides is 4. The van der Waals surface area contributed by atoms with E-state index in [4.69, 9.17) is 42.1 Å². The van der Waals surface area contributed by atoms with E-state index in [2.05, 4.69) is 20.4 Å². The van der Waals surface area contributed by atoms with Crippen molar-refractivity contribution in [1.29, 1.82) is 0 Å². The second kappa shape index (κ2) is 20.2. The van der Waals surface area contributed by atoms with E-state index in [0.717, 1.165) is 4.90 Å². The minimum atomic E-state index is -1.01. The number of methoxy groups -OCH3 is 1. The summed E-state index contributed by atoms with van der Waals surface area (Å²) in [5.74, 6) is -1.99. The fourth-order valence-corrected chi connectivity index (χ4v) is 7.44. The molecule has 1 saturated heterocycles. The highest BCUT2D eigenvalue weighted by Gasteiger charge is 2.45. The van der Waals surface area contributed by atoms with E-state index < -0.39 is 29.7 Å². The molecule has 18 heteroatoms. The average molecular weight is 852 g/mol. The smallest absolute Gasteiger partial charge is 0.262 e. The normalized spacial score (nSPS) is 15.8. The second-order valence-electron chi connectivity index (χ2n) is 14.1. The Balaban J connectivity index is 0.858. The number of benzene rings is 1. The van der Waals surface area contributed by atoms with E-state index in [1.54, 1.807) is 48.2 Å². The van der Waals surface area contributed by atoms with Gasteiger partial charge < -0.3 is 18.9 Å². The van der Waals surface area contributed by atoms with Crippen molar-refractivity contribution in [2.75, 3.05) is 40.1 Å². The number of Topliss-reactive ketones (excluding diaryl/α,β-unsaturated/α-hetero) is 2. The van der Waals surface area contributed by atoms with Gasteiger partial charge in [0.2, 0.25) is 17.7 Å². The molecule has 6 rings (SSSR count). The molecule has 2 aliphatic rings. The number of rotatable bonds is 22. The van der Waals surface area contributed by atoms with Crippen LogP contribution < -0.4 is 10.1 Å². The third-order valence-corrected chi connectivity index (χ3v) is 10.4. The van der Waals surface area contributed by atoms with Gasteiger partial charge in [0, 0.05) is 75.4 Å². The van der Waals surface area contributed by atoms with E-state index in [0.29, 0.717) is 72.1 Å². The summed E-state index contributed by atoms with van der Waals surface area (Å²) in [6, 6.07) is 7.31. The molecule has 2 atom stereocenters. The number of nitrogens with zero attached hydrogens (tertiary/aromatic N) is 5. The summed E-state index contributed by atoms with van der Waals surface area (Å²) >= 11 is 12.3. The molecule has 1 fully saturated rings. The van der Waals surface area contributed by atoms with Crippen LogP contribution >= 0.6 is 23.2 Å². The highest BCUT2D eigenvalue weighted by atomic mass is 35.5. The van der Waals surface area contributed by atoms with Crippen LogP contribution in [-0.2, 0) is 52.7 Å². The standard InChI is InChI=1S/C41H44Cl2N6O10/c1-24(56-2)37-27(22-44-34-21-33(43)47-49(34)37)20-30(51)19-26-18-28(42)23-45-39(26)59-14-5-8-29(50)12-15-58-17-16-57-13-4-7-25-6-3-9-31-36(25)41(55)48(40(31)54)32-10-11-35(52)46-38(32)53/h3,6,9,18,21-24,32H,4-5,7-8,10-17,19-20H2,1-2H3,(H,46,52,53)/t24-,32?/m0/s1. The van der Waals surface area contributed by atoms with Crippen LogP contribution in [0.15, 0.2) is 42.7 Å². The molecule has 0 radical (unpaired) electrons. The van der Waals surface area contributed by atoms with Gasteiger partial charge in [0.15, 0.2) is 10.8 Å². The lowest BCUT2D eigenvalue weighted by atomic mass is 9.99. The molecule has 0 saturated carbocycles. The molecule has 1 aromatic carbocycles. The average Bonchev–Trinajstić information content (AvgIpc) is 3.71. The molecular weight excluding hydrogens is 807 g/mol. The number of nitrogens with one attached hydrogen (secondary N) is 1. The number of piperidine rings is 1. The van der Waals surface area contributed by atoms with Crippen molar-refractivity contribution in [3.05, 3.63) is 86.4 Å². The van der Waals surface area contributed by atoms with E-state index in [1.165, 1.54) is 6.20 Å².